The number of nitrogens with two attached hydrogens (primary N) is 1. The summed E-state index contributed by atoms with van der Waals surface area (Å²) in [4.78, 5) is 14.5. The molecule has 2 rings (SSSR count). The Morgan fingerprint density at radius 3 is 2.43 bits per heavy atom. The lowest BCUT2D eigenvalue weighted by Crippen LogP contribution is -2.35. The number of amides is 1. The first-order valence-corrected chi connectivity index (χ1v) is 8.71. The normalized spacial score (nSPS) is 23.0. The largest absolute Gasteiger partial charge is 0.340 e. The predicted octanol–water partition coefficient (Wildman–Crippen LogP) is 1.59. The molecule has 2 heterocycles. The lowest BCUT2D eigenvalue weighted by molar-refractivity contribution is 0.0731. The van der Waals surface area contributed by atoms with E-state index in [0.29, 0.717) is 18.2 Å². The summed E-state index contributed by atoms with van der Waals surface area (Å²) in [6.07, 6.45) is 2.41. The highest BCUT2D eigenvalue weighted by Gasteiger charge is 2.33. The van der Waals surface area contributed by atoms with Gasteiger partial charge in [-0.3, -0.25) is 4.79 Å². The minimum absolute atomic E-state index is 0.0144. The van der Waals surface area contributed by atoms with Gasteiger partial charge >= 0.3 is 0 Å². The summed E-state index contributed by atoms with van der Waals surface area (Å²) in [5, 5.41) is 5.18. The molecule has 2 N–H and O–H groups in total. The van der Waals surface area contributed by atoms with Crippen LogP contribution in [0.3, 0.4) is 0 Å². The first-order chi connectivity index (χ1) is 9.61. The van der Waals surface area contributed by atoms with Crippen molar-refractivity contribution in [3.05, 3.63) is 18.0 Å². The average molecular weight is 313 g/mol. The fraction of sp³-hybridized carbons (Fsp3) is 0.643. The molecule has 1 amide bonds. The van der Waals surface area contributed by atoms with Gasteiger partial charge in [-0.2, -0.15) is 0 Å². The minimum atomic E-state index is -3.81. The van der Waals surface area contributed by atoms with E-state index in [9.17, 15) is 13.2 Å². The highest BCUT2D eigenvalue weighted by atomic mass is 32.2. The molecular formula is C14H23N3O3S. The maximum atomic E-state index is 12.7. The first-order valence-electron chi connectivity index (χ1n) is 7.17. The lowest BCUT2D eigenvalue weighted by Gasteiger charge is -2.23. The molecular weight excluding hydrogens is 290 g/mol. The van der Waals surface area contributed by atoms with Crippen LogP contribution in [0.15, 0.2) is 17.2 Å². The number of carbonyl (C=O) groups excluding carboxylic acids is 1. The summed E-state index contributed by atoms with van der Waals surface area (Å²) in [7, 11) is -3.81. The van der Waals surface area contributed by atoms with E-state index in [0.717, 1.165) is 6.42 Å². The zero-order valence-corrected chi connectivity index (χ0v) is 13.7. The van der Waals surface area contributed by atoms with Crippen LogP contribution in [0, 0.1) is 5.92 Å². The van der Waals surface area contributed by atoms with E-state index in [1.807, 2.05) is 25.7 Å². The minimum Gasteiger partial charge on any atom is -0.340 e. The number of carbonyl (C=O) groups is 1. The summed E-state index contributed by atoms with van der Waals surface area (Å²) in [6.45, 7) is 8.64. The zero-order chi connectivity index (χ0) is 15.9. The number of primary sulfonamides is 1. The number of rotatable bonds is 3. The fourth-order valence-corrected chi connectivity index (χ4v) is 3.47. The van der Waals surface area contributed by atoms with E-state index in [2.05, 4.69) is 6.92 Å². The third-order valence-corrected chi connectivity index (χ3v) is 4.85. The third kappa shape index (κ3) is 3.13. The van der Waals surface area contributed by atoms with Gasteiger partial charge in [0.2, 0.25) is 10.0 Å². The van der Waals surface area contributed by atoms with Gasteiger partial charge in [0.25, 0.3) is 5.91 Å². The summed E-state index contributed by atoms with van der Waals surface area (Å²) < 4.78 is 24.7. The topological polar surface area (TPSA) is 85.4 Å². The van der Waals surface area contributed by atoms with E-state index < -0.39 is 10.0 Å². The van der Waals surface area contributed by atoms with Gasteiger partial charge in [0.15, 0.2) is 0 Å². The molecule has 1 aromatic heterocycles. The maximum Gasteiger partial charge on any atom is 0.270 e. The quantitative estimate of drug-likeness (QED) is 0.919. The van der Waals surface area contributed by atoms with Crippen molar-refractivity contribution in [2.75, 3.05) is 6.54 Å². The van der Waals surface area contributed by atoms with Gasteiger partial charge in [-0.1, -0.05) is 6.92 Å². The lowest BCUT2D eigenvalue weighted by atomic mass is 10.1. The molecule has 1 aromatic rings. The molecule has 0 bridgehead atoms. The van der Waals surface area contributed by atoms with Crippen LogP contribution in [0.1, 0.15) is 50.6 Å². The number of hydrogen-bond donors (Lipinski definition) is 1. The Balaban J connectivity index is 2.43. The first kappa shape index (κ1) is 16.0. The molecule has 0 aromatic carbocycles. The van der Waals surface area contributed by atoms with Gasteiger partial charge in [0.05, 0.1) is 0 Å². The van der Waals surface area contributed by atoms with Crippen molar-refractivity contribution in [3.63, 3.8) is 0 Å². The van der Waals surface area contributed by atoms with E-state index in [1.54, 1.807) is 4.57 Å². The van der Waals surface area contributed by atoms with Gasteiger partial charge in [0, 0.05) is 24.8 Å². The molecule has 0 saturated carbocycles. The second kappa shape index (κ2) is 5.46. The molecule has 1 saturated heterocycles. The standard InChI is InChI=1S/C14H23N3O3S/c1-9(2)16-8-12(21(15,19)20)6-13(16)14(18)17-7-10(3)5-11(17)4/h6,8-11H,5,7H2,1-4H3,(H2,15,19,20). The molecule has 0 spiro atoms. The molecule has 2 atom stereocenters. The average Bonchev–Trinajstić information content (AvgIpc) is 2.91. The number of hydrogen-bond acceptors (Lipinski definition) is 3. The van der Waals surface area contributed by atoms with Crippen LogP contribution in [0.25, 0.3) is 0 Å². The smallest absolute Gasteiger partial charge is 0.270 e. The molecule has 6 nitrogen and oxygen atoms in total. The molecule has 0 aliphatic carbocycles. The summed E-state index contributed by atoms with van der Waals surface area (Å²) in [5.74, 6) is 0.333. The molecule has 2 unspecified atom stereocenters. The van der Waals surface area contributed by atoms with Crippen LogP contribution in [0.4, 0.5) is 0 Å². The van der Waals surface area contributed by atoms with Gasteiger partial charge < -0.3 is 9.47 Å². The van der Waals surface area contributed by atoms with E-state index in [-0.39, 0.29) is 22.9 Å². The van der Waals surface area contributed by atoms with Crippen LogP contribution in [0.2, 0.25) is 0 Å². The number of nitrogens with zero attached hydrogens (tertiary/aromatic N) is 2. The Labute approximate surface area is 126 Å². The number of aromatic nitrogens is 1. The molecule has 1 fully saturated rings. The van der Waals surface area contributed by atoms with Crippen molar-refractivity contribution in [1.29, 1.82) is 0 Å². The van der Waals surface area contributed by atoms with E-state index in [1.165, 1.54) is 12.3 Å². The fourth-order valence-electron chi connectivity index (χ4n) is 2.94. The van der Waals surface area contributed by atoms with Crippen molar-refractivity contribution in [1.82, 2.24) is 9.47 Å². The van der Waals surface area contributed by atoms with Gasteiger partial charge in [0.1, 0.15) is 10.6 Å². The highest BCUT2D eigenvalue weighted by Crippen LogP contribution is 2.26. The highest BCUT2D eigenvalue weighted by molar-refractivity contribution is 7.89. The van der Waals surface area contributed by atoms with Crippen molar-refractivity contribution in [2.24, 2.45) is 11.1 Å². The van der Waals surface area contributed by atoms with Gasteiger partial charge in [-0.05, 0) is 39.2 Å². The Morgan fingerprint density at radius 2 is 2.00 bits per heavy atom. The SMILES string of the molecule is CC1CC(C)N(C(=O)c2cc(S(N)(=O)=O)cn2C(C)C)C1. The Bertz CT molecular complexity index is 648. The van der Waals surface area contributed by atoms with Crippen molar-refractivity contribution in [3.8, 4) is 0 Å². The second-order valence-corrected chi connectivity index (χ2v) is 7.82. The van der Waals surface area contributed by atoms with Crippen molar-refractivity contribution in [2.45, 2.75) is 51.1 Å². The molecule has 0 radical (unpaired) electrons. The van der Waals surface area contributed by atoms with Gasteiger partial charge in [-0.25, -0.2) is 13.6 Å². The van der Waals surface area contributed by atoms with Crippen molar-refractivity contribution >= 4 is 15.9 Å². The second-order valence-electron chi connectivity index (χ2n) is 6.25. The maximum absolute atomic E-state index is 12.7. The number of sulfonamides is 1. The van der Waals surface area contributed by atoms with Crippen LogP contribution in [-0.4, -0.2) is 36.4 Å². The Morgan fingerprint density at radius 1 is 1.38 bits per heavy atom. The summed E-state index contributed by atoms with van der Waals surface area (Å²) in [5.41, 5.74) is 0.384. The van der Waals surface area contributed by atoms with Gasteiger partial charge in [-0.15, -0.1) is 0 Å². The predicted molar refractivity (Wildman–Crippen MR) is 80.5 cm³/mol. The molecule has 21 heavy (non-hydrogen) atoms. The van der Waals surface area contributed by atoms with Crippen LogP contribution in [-0.2, 0) is 10.0 Å². The monoisotopic (exact) mass is 313 g/mol. The molecule has 7 heteroatoms. The third-order valence-electron chi connectivity index (χ3n) is 3.97. The molecule has 1 aliphatic rings. The molecule has 118 valence electrons. The zero-order valence-electron chi connectivity index (χ0n) is 12.9. The van der Waals surface area contributed by atoms with Crippen molar-refractivity contribution < 1.29 is 13.2 Å². The van der Waals surface area contributed by atoms with Crippen LogP contribution in [0.5, 0.6) is 0 Å². The molecule has 1 aliphatic heterocycles. The summed E-state index contributed by atoms with van der Waals surface area (Å²) in [6, 6.07) is 1.53. The Kier molecular flexibility index (Phi) is 4.17. The number of likely N-dealkylation sites (tertiary alicyclic amines) is 1. The van der Waals surface area contributed by atoms with Crippen LogP contribution < -0.4 is 5.14 Å². The van der Waals surface area contributed by atoms with E-state index in [4.69, 9.17) is 5.14 Å². The van der Waals surface area contributed by atoms with E-state index >= 15 is 0 Å². The Hall–Kier alpha value is -1.34. The summed E-state index contributed by atoms with van der Waals surface area (Å²) >= 11 is 0. The van der Waals surface area contributed by atoms with Crippen LogP contribution >= 0.6 is 0 Å².